The summed E-state index contributed by atoms with van der Waals surface area (Å²) in [5, 5.41) is 0. The fraction of sp³-hybridized carbons (Fsp3) is 0.452. The van der Waals surface area contributed by atoms with Crippen molar-refractivity contribution in [3.8, 4) is 0 Å². The van der Waals surface area contributed by atoms with Crippen molar-refractivity contribution in [2.45, 2.75) is 89.4 Å². The van der Waals surface area contributed by atoms with Gasteiger partial charge in [-0.05, 0) is 108 Å². The SMILES string of the molecule is Cc1ccc(CCC(CS(=O)(=O)c2ccc(C)cc2)C(=O)c2ccc(C(=O)N(CCCCC(=O)C3CC/C=C/CCC3)CCCS(=O)(=O)O)cc2)cc1. The quantitative estimate of drug-likeness (QED) is 0.0564. The Hall–Kier alpha value is -3.93. The first-order valence-electron chi connectivity index (χ1n) is 18.6. The fourth-order valence-corrected chi connectivity index (χ4v) is 8.81. The third-order valence-electron chi connectivity index (χ3n) is 9.94. The van der Waals surface area contributed by atoms with Gasteiger partial charge in [-0.25, -0.2) is 8.42 Å². The third-order valence-corrected chi connectivity index (χ3v) is 12.6. The minimum atomic E-state index is -4.21. The number of Topliss-reactive ketones (excluding diaryl/α,β-unsaturated/α-hetero) is 2. The molecule has 1 aliphatic rings. The number of nitrogens with zero attached hydrogens (tertiary/aromatic N) is 1. The van der Waals surface area contributed by atoms with Crippen LogP contribution in [0.4, 0.5) is 0 Å². The number of aryl methyl sites for hydroxylation is 3. The molecule has 286 valence electrons. The van der Waals surface area contributed by atoms with Crippen molar-refractivity contribution in [1.29, 1.82) is 0 Å². The molecule has 1 N–H and O–H groups in total. The molecule has 3 aromatic rings. The maximum absolute atomic E-state index is 13.9. The minimum Gasteiger partial charge on any atom is -0.339 e. The minimum absolute atomic E-state index is 0.0355. The van der Waals surface area contributed by atoms with Crippen LogP contribution in [0.5, 0.6) is 0 Å². The maximum Gasteiger partial charge on any atom is 0.264 e. The number of hydrogen-bond acceptors (Lipinski definition) is 7. The van der Waals surface area contributed by atoms with Crippen molar-refractivity contribution in [2.75, 3.05) is 24.6 Å². The number of amides is 1. The van der Waals surface area contributed by atoms with Crippen LogP contribution < -0.4 is 0 Å². The molecule has 1 amide bonds. The lowest BCUT2D eigenvalue weighted by Gasteiger charge is -2.23. The monoisotopic (exact) mass is 763 g/mol. The molecule has 2 unspecified atom stereocenters. The summed E-state index contributed by atoms with van der Waals surface area (Å²) in [5.74, 6) is -2.08. The highest BCUT2D eigenvalue weighted by molar-refractivity contribution is 7.91. The Morgan fingerprint density at radius 1 is 0.755 bits per heavy atom. The largest absolute Gasteiger partial charge is 0.339 e. The molecular weight excluding hydrogens is 711 g/mol. The normalized spacial score (nSPS) is 16.2. The first-order chi connectivity index (χ1) is 25.2. The molecule has 2 atom stereocenters. The zero-order valence-corrected chi connectivity index (χ0v) is 32.5. The molecule has 3 aromatic carbocycles. The van der Waals surface area contributed by atoms with Crippen LogP contribution in [0.1, 0.15) is 102 Å². The average Bonchev–Trinajstić information content (AvgIpc) is 3.10. The van der Waals surface area contributed by atoms with Gasteiger partial charge in [0.15, 0.2) is 15.6 Å². The molecule has 11 heteroatoms. The van der Waals surface area contributed by atoms with E-state index in [2.05, 4.69) is 12.2 Å². The summed E-state index contributed by atoms with van der Waals surface area (Å²) < 4.78 is 59.0. The second-order valence-corrected chi connectivity index (χ2v) is 17.9. The number of carbonyl (C=O) groups excluding carboxylic acids is 3. The van der Waals surface area contributed by atoms with Crippen molar-refractivity contribution < 1.29 is 35.8 Å². The standard InChI is InChI=1S/C42H53NO8S2/c1-32-14-18-34(19-15-32)20-21-38(31-52(47,48)39-26-16-33(2)17-27-39)41(45)36-22-24-37(25-23-36)42(46)43(29-10-30-53(49,50)51)28-9-8-13-40(44)35-11-6-4-3-5-7-12-35/h3-4,14-19,22-27,35,38H,5-13,20-21,28-31H2,1-2H3,(H,49,50,51)/b4-3+. The van der Waals surface area contributed by atoms with Gasteiger partial charge in [0.1, 0.15) is 5.78 Å². The van der Waals surface area contributed by atoms with Crippen LogP contribution in [-0.2, 0) is 31.2 Å². The molecule has 0 spiro atoms. The second kappa shape index (κ2) is 19.9. The summed E-state index contributed by atoms with van der Waals surface area (Å²) in [6, 6.07) is 20.6. The van der Waals surface area contributed by atoms with Gasteiger partial charge in [0, 0.05) is 42.5 Å². The topological polar surface area (TPSA) is 143 Å². The summed E-state index contributed by atoms with van der Waals surface area (Å²) in [4.78, 5) is 42.2. The molecule has 0 heterocycles. The predicted octanol–water partition coefficient (Wildman–Crippen LogP) is 7.81. The van der Waals surface area contributed by atoms with E-state index in [9.17, 15) is 35.8 Å². The van der Waals surface area contributed by atoms with E-state index in [1.807, 2.05) is 38.1 Å². The van der Waals surface area contributed by atoms with E-state index in [0.717, 1.165) is 48.8 Å². The summed E-state index contributed by atoms with van der Waals surface area (Å²) in [6.07, 6.45) is 11.4. The number of rotatable bonds is 19. The van der Waals surface area contributed by atoms with Crippen LogP contribution in [0.3, 0.4) is 0 Å². The molecule has 0 fully saturated rings. The van der Waals surface area contributed by atoms with Crippen molar-refractivity contribution >= 4 is 37.4 Å². The van der Waals surface area contributed by atoms with Crippen LogP contribution in [0, 0.1) is 25.7 Å². The number of unbranched alkanes of at least 4 members (excludes halogenated alkanes) is 1. The summed E-state index contributed by atoms with van der Waals surface area (Å²) in [6.45, 7) is 4.24. The van der Waals surface area contributed by atoms with Gasteiger partial charge in [0.05, 0.1) is 16.4 Å². The van der Waals surface area contributed by atoms with Gasteiger partial charge in [-0.2, -0.15) is 8.42 Å². The highest BCUT2D eigenvalue weighted by Crippen LogP contribution is 2.24. The van der Waals surface area contributed by atoms with Gasteiger partial charge in [-0.15, -0.1) is 0 Å². The van der Waals surface area contributed by atoms with E-state index in [1.54, 1.807) is 24.3 Å². The van der Waals surface area contributed by atoms with E-state index in [1.165, 1.54) is 29.2 Å². The van der Waals surface area contributed by atoms with Crippen molar-refractivity contribution in [3.63, 3.8) is 0 Å². The van der Waals surface area contributed by atoms with Gasteiger partial charge in [0.2, 0.25) is 0 Å². The third kappa shape index (κ3) is 13.8. The highest BCUT2D eigenvalue weighted by atomic mass is 32.2. The van der Waals surface area contributed by atoms with Crippen LogP contribution >= 0.6 is 0 Å². The maximum atomic E-state index is 13.9. The average molecular weight is 764 g/mol. The zero-order chi connectivity index (χ0) is 38.4. The molecule has 0 aliphatic heterocycles. The Bertz CT molecular complexity index is 1920. The van der Waals surface area contributed by atoms with Crippen LogP contribution in [0.25, 0.3) is 0 Å². The molecule has 0 saturated heterocycles. The zero-order valence-electron chi connectivity index (χ0n) is 30.9. The smallest absolute Gasteiger partial charge is 0.264 e. The molecule has 0 saturated carbocycles. The first-order valence-corrected chi connectivity index (χ1v) is 21.9. The van der Waals surface area contributed by atoms with Gasteiger partial charge in [-0.3, -0.25) is 18.9 Å². The summed E-state index contributed by atoms with van der Waals surface area (Å²) in [5.41, 5.74) is 3.60. The number of allylic oxidation sites excluding steroid dienone is 2. The van der Waals surface area contributed by atoms with Gasteiger partial charge < -0.3 is 4.90 Å². The molecular formula is C42H53NO8S2. The number of sulfone groups is 1. The van der Waals surface area contributed by atoms with Crippen molar-refractivity contribution in [1.82, 2.24) is 4.90 Å². The van der Waals surface area contributed by atoms with Crippen LogP contribution in [0.15, 0.2) is 89.8 Å². The summed E-state index contributed by atoms with van der Waals surface area (Å²) in [7, 11) is -8.00. The van der Waals surface area contributed by atoms with E-state index in [4.69, 9.17) is 0 Å². The molecule has 9 nitrogen and oxygen atoms in total. The van der Waals surface area contributed by atoms with Gasteiger partial charge in [0.25, 0.3) is 16.0 Å². The fourth-order valence-electron chi connectivity index (χ4n) is 6.73. The lowest BCUT2D eigenvalue weighted by molar-refractivity contribution is -0.123. The van der Waals surface area contributed by atoms with Crippen LogP contribution in [0.2, 0.25) is 0 Å². The van der Waals surface area contributed by atoms with Crippen molar-refractivity contribution in [3.05, 3.63) is 113 Å². The van der Waals surface area contributed by atoms with E-state index >= 15 is 0 Å². The lowest BCUT2D eigenvalue weighted by Crippen LogP contribution is -2.34. The number of benzene rings is 3. The Kier molecular flexibility index (Phi) is 15.7. The lowest BCUT2D eigenvalue weighted by atomic mass is 9.88. The van der Waals surface area contributed by atoms with Crippen molar-refractivity contribution in [2.24, 2.45) is 11.8 Å². The Morgan fingerprint density at radius 2 is 1.36 bits per heavy atom. The highest BCUT2D eigenvalue weighted by Gasteiger charge is 2.28. The number of ketones is 2. The number of carbonyl (C=O) groups is 3. The van der Waals surface area contributed by atoms with Crippen LogP contribution in [-0.4, -0.2) is 68.4 Å². The Morgan fingerprint density at radius 3 is 2.02 bits per heavy atom. The van der Waals surface area contributed by atoms with Gasteiger partial charge in [-0.1, -0.05) is 71.8 Å². The molecule has 0 radical (unpaired) electrons. The second-order valence-electron chi connectivity index (χ2n) is 14.3. The number of hydrogen-bond donors (Lipinski definition) is 1. The Labute approximate surface area is 315 Å². The Balaban J connectivity index is 1.46. The van der Waals surface area contributed by atoms with E-state index in [-0.39, 0.29) is 58.1 Å². The van der Waals surface area contributed by atoms with Gasteiger partial charge >= 0.3 is 0 Å². The molecule has 4 rings (SSSR count). The molecule has 1 aliphatic carbocycles. The van der Waals surface area contributed by atoms with E-state index in [0.29, 0.717) is 38.6 Å². The molecule has 53 heavy (non-hydrogen) atoms. The predicted molar refractivity (Wildman–Crippen MR) is 209 cm³/mol. The van der Waals surface area contributed by atoms with E-state index < -0.39 is 31.6 Å². The molecule has 0 bridgehead atoms. The summed E-state index contributed by atoms with van der Waals surface area (Å²) >= 11 is 0. The molecule has 0 aromatic heterocycles. The first kappa shape index (κ1) is 41.8.